The molecule has 2 unspecified atom stereocenters. The lowest BCUT2D eigenvalue weighted by molar-refractivity contribution is 0.101. The molecule has 0 aromatic heterocycles. The lowest BCUT2D eigenvalue weighted by atomic mass is 10.1. The third-order valence-corrected chi connectivity index (χ3v) is 8.19. The van der Waals surface area contributed by atoms with Gasteiger partial charge in [0.1, 0.15) is 28.6 Å². The molecule has 2 fully saturated rings. The van der Waals surface area contributed by atoms with Gasteiger partial charge < -0.3 is 24.7 Å². The quantitative estimate of drug-likeness (QED) is 0.274. The molecule has 43 heavy (non-hydrogen) atoms. The van der Waals surface area contributed by atoms with Gasteiger partial charge >= 0.3 is 0 Å². The largest absolute Gasteiger partial charge is 0.496 e. The number of rotatable bonds is 11. The normalized spacial score (nSPS) is 18.7. The second kappa shape index (κ2) is 19.2. The Labute approximate surface area is 259 Å². The first-order valence-electron chi connectivity index (χ1n) is 15.4. The Bertz CT molecular complexity index is 1100. The number of Topliss-reactive ketones (excluding diaryl/α,β-unsaturated/α-hetero) is 1. The maximum Gasteiger partial charge on any atom is 0.167 e. The number of hydrogen-bond acceptors (Lipinski definition) is 9. The molecule has 4 rings (SSSR count). The first-order valence-corrected chi connectivity index (χ1v) is 15.4. The molecular formula is C34H54N4O5. The van der Waals surface area contributed by atoms with E-state index < -0.39 is 0 Å². The van der Waals surface area contributed by atoms with Crippen LogP contribution in [0.1, 0.15) is 69.3 Å². The highest BCUT2D eigenvalue weighted by Crippen LogP contribution is 2.30. The maximum atomic E-state index is 11.2. The van der Waals surface area contributed by atoms with Crippen LogP contribution in [0.25, 0.3) is 0 Å². The van der Waals surface area contributed by atoms with Gasteiger partial charge in [0.2, 0.25) is 0 Å². The minimum atomic E-state index is -0.0608. The first kappa shape index (κ1) is 36.1. The fourth-order valence-corrected chi connectivity index (χ4v) is 5.82. The van der Waals surface area contributed by atoms with Crippen molar-refractivity contribution >= 4 is 11.5 Å². The summed E-state index contributed by atoms with van der Waals surface area (Å²) in [7, 11) is 6.42. The molecule has 0 bridgehead atoms. The van der Waals surface area contributed by atoms with Crippen LogP contribution in [0, 0.1) is 0 Å². The van der Waals surface area contributed by atoms with Crippen molar-refractivity contribution in [2.24, 2.45) is 10.7 Å². The highest BCUT2D eigenvalue weighted by atomic mass is 16.5. The number of aliphatic imine (C=N–C) groups is 1. The van der Waals surface area contributed by atoms with Crippen LogP contribution in [0.15, 0.2) is 41.4 Å². The number of methoxy groups -OCH3 is 4. The minimum absolute atomic E-state index is 0.0608. The van der Waals surface area contributed by atoms with E-state index in [1.807, 2.05) is 25.1 Å². The average Bonchev–Trinajstić information content (AvgIpc) is 3.72. The number of ether oxygens (including phenoxy) is 4. The lowest BCUT2D eigenvalue weighted by Gasteiger charge is -2.21. The molecule has 2 aromatic carbocycles. The molecule has 0 radical (unpaired) electrons. The van der Waals surface area contributed by atoms with E-state index in [1.54, 1.807) is 32.4 Å². The molecule has 0 aliphatic carbocycles. The number of nitrogens with zero attached hydrogens (tertiary/aromatic N) is 3. The van der Waals surface area contributed by atoms with E-state index in [9.17, 15) is 4.79 Å². The highest BCUT2D eigenvalue weighted by Gasteiger charge is 2.23. The summed E-state index contributed by atoms with van der Waals surface area (Å²) < 4.78 is 21.0. The van der Waals surface area contributed by atoms with Gasteiger partial charge in [0.15, 0.2) is 5.78 Å². The van der Waals surface area contributed by atoms with E-state index in [-0.39, 0.29) is 5.78 Å². The Balaban J connectivity index is 0.000000249. The molecule has 9 heteroatoms. The number of nitrogens with two attached hydrogens (primary N) is 1. The van der Waals surface area contributed by atoms with Crippen LogP contribution < -0.4 is 24.7 Å². The predicted molar refractivity (Wildman–Crippen MR) is 176 cm³/mol. The van der Waals surface area contributed by atoms with Crippen LogP contribution >= 0.6 is 0 Å². The van der Waals surface area contributed by atoms with Gasteiger partial charge in [-0.05, 0) is 90.0 Å². The van der Waals surface area contributed by atoms with Crippen LogP contribution in [0.5, 0.6) is 23.0 Å². The summed E-state index contributed by atoms with van der Waals surface area (Å²) in [5, 5.41) is 0. The van der Waals surface area contributed by atoms with Gasteiger partial charge in [-0.25, -0.2) is 0 Å². The molecule has 2 saturated heterocycles. The number of carbonyl (C=O) groups is 1. The van der Waals surface area contributed by atoms with Crippen molar-refractivity contribution in [3.05, 3.63) is 47.5 Å². The van der Waals surface area contributed by atoms with Gasteiger partial charge in [-0.3, -0.25) is 19.6 Å². The molecule has 240 valence electrons. The molecule has 2 aliphatic heterocycles. The zero-order valence-corrected chi connectivity index (χ0v) is 27.7. The number of benzene rings is 2. The topological polar surface area (TPSA) is 98.9 Å². The highest BCUT2D eigenvalue weighted by molar-refractivity contribution is 6.03. The van der Waals surface area contributed by atoms with Gasteiger partial charge in [0.05, 0.1) is 40.5 Å². The van der Waals surface area contributed by atoms with E-state index in [4.69, 9.17) is 29.7 Å². The minimum Gasteiger partial charge on any atom is -0.496 e. The van der Waals surface area contributed by atoms with Crippen molar-refractivity contribution < 1.29 is 23.7 Å². The number of likely N-dealkylation sites (N-methyl/N-ethyl adjacent to an activating group) is 2. The summed E-state index contributed by atoms with van der Waals surface area (Å²) in [6.07, 6.45) is 5.18. The Morgan fingerprint density at radius 1 is 0.767 bits per heavy atom. The number of likely N-dealkylation sites (tertiary alicyclic amines) is 2. The van der Waals surface area contributed by atoms with E-state index >= 15 is 0 Å². The Morgan fingerprint density at radius 3 is 1.56 bits per heavy atom. The average molecular weight is 599 g/mol. The fraction of sp³-hybridized carbons (Fsp3) is 0.588. The molecular weight excluding hydrogens is 544 g/mol. The Hall–Kier alpha value is -3.14. The second-order valence-corrected chi connectivity index (χ2v) is 10.6. The third kappa shape index (κ3) is 10.2. The zero-order valence-electron chi connectivity index (χ0n) is 27.7. The first-order chi connectivity index (χ1) is 20.8. The summed E-state index contributed by atoms with van der Waals surface area (Å²) in [5.74, 6) is 2.66. The summed E-state index contributed by atoms with van der Waals surface area (Å²) >= 11 is 0. The smallest absolute Gasteiger partial charge is 0.167 e. The molecule has 2 atom stereocenters. The van der Waals surface area contributed by atoms with Crippen molar-refractivity contribution in [2.75, 3.05) is 67.7 Å². The van der Waals surface area contributed by atoms with Crippen LogP contribution in [-0.2, 0) is 0 Å². The molecule has 2 heterocycles. The van der Waals surface area contributed by atoms with Crippen LogP contribution in [0.2, 0.25) is 0 Å². The summed E-state index contributed by atoms with van der Waals surface area (Å²) in [6.45, 7) is 14.4. The van der Waals surface area contributed by atoms with Crippen molar-refractivity contribution in [3.63, 3.8) is 0 Å². The molecule has 2 aromatic rings. The SMILES string of the molecule is CCN1CCCC1CN.CCN1CCCC1CN=C(C)c1c(OC)cccc1OC.COc1cccc(OC)c1C(C)=O. The van der Waals surface area contributed by atoms with Crippen molar-refractivity contribution in [2.45, 2.75) is 65.5 Å². The standard InChI is InChI=1S/C17H26N2O2.C10H12O3.C7H16N2/c1-5-19-11-7-8-14(19)12-18-13(2)17-15(20-3)9-6-10-16(17)21-4;1-7(11)10-8(12-2)5-4-6-9(10)13-3;1-2-9-5-3-4-7(9)6-8/h6,9-10,14H,5,7-8,11-12H2,1-4H3;4-6H,1-3H3;7H,2-6,8H2,1H3. The summed E-state index contributed by atoms with van der Waals surface area (Å²) in [6, 6.07) is 12.4. The van der Waals surface area contributed by atoms with Gasteiger partial charge in [0, 0.05) is 24.3 Å². The van der Waals surface area contributed by atoms with E-state index in [2.05, 4.69) is 23.6 Å². The number of carbonyl (C=O) groups excluding carboxylic acids is 1. The van der Waals surface area contributed by atoms with Crippen molar-refractivity contribution in [1.82, 2.24) is 9.80 Å². The van der Waals surface area contributed by atoms with Gasteiger partial charge in [-0.2, -0.15) is 0 Å². The van der Waals surface area contributed by atoms with Crippen molar-refractivity contribution in [3.8, 4) is 23.0 Å². The van der Waals surface area contributed by atoms with E-state index in [0.717, 1.165) is 42.4 Å². The predicted octanol–water partition coefficient (Wildman–Crippen LogP) is 5.33. The van der Waals surface area contributed by atoms with Crippen LogP contribution in [0.3, 0.4) is 0 Å². The molecule has 2 N–H and O–H groups in total. The number of hydrogen-bond donors (Lipinski definition) is 1. The Morgan fingerprint density at radius 2 is 1.19 bits per heavy atom. The summed E-state index contributed by atoms with van der Waals surface area (Å²) in [4.78, 5) is 21.0. The van der Waals surface area contributed by atoms with E-state index in [1.165, 1.54) is 66.5 Å². The molecule has 0 saturated carbocycles. The second-order valence-electron chi connectivity index (χ2n) is 10.6. The van der Waals surface area contributed by atoms with Crippen molar-refractivity contribution in [1.29, 1.82) is 0 Å². The lowest BCUT2D eigenvalue weighted by Crippen LogP contribution is -2.34. The van der Waals surface area contributed by atoms with Gasteiger partial charge in [0.25, 0.3) is 0 Å². The van der Waals surface area contributed by atoms with Crippen LogP contribution in [0.4, 0.5) is 0 Å². The van der Waals surface area contributed by atoms with Crippen LogP contribution in [-0.4, -0.2) is 101 Å². The van der Waals surface area contributed by atoms with Gasteiger partial charge in [-0.1, -0.05) is 26.0 Å². The van der Waals surface area contributed by atoms with E-state index in [0.29, 0.717) is 29.1 Å². The molecule has 2 aliphatic rings. The molecule has 0 amide bonds. The maximum absolute atomic E-state index is 11.2. The Kier molecular flexibility index (Phi) is 16.1. The molecule has 0 spiro atoms. The van der Waals surface area contributed by atoms with Gasteiger partial charge in [-0.15, -0.1) is 0 Å². The monoisotopic (exact) mass is 598 g/mol. The number of ketones is 1. The zero-order chi connectivity index (χ0) is 31.8. The third-order valence-electron chi connectivity index (χ3n) is 8.19. The fourth-order valence-electron chi connectivity index (χ4n) is 5.82. The molecule has 9 nitrogen and oxygen atoms in total. The summed E-state index contributed by atoms with van der Waals surface area (Å²) in [5.41, 5.74) is 7.99.